The summed E-state index contributed by atoms with van der Waals surface area (Å²) in [5, 5.41) is 31.3. The smallest absolute Gasteiger partial charge is 0.192 e. The molecular weight excluding hydrogens is 386 g/mol. The number of thiophene rings is 1. The van der Waals surface area contributed by atoms with Crippen LogP contribution in [0, 0.1) is 45.3 Å². The first kappa shape index (κ1) is 16.7. The third-order valence-electron chi connectivity index (χ3n) is 4.74. The van der Waals surface area contributed by atoms with Gasteiger partial charge in [0.2, 0.25) is 0 Å². The van der Waals surface area contributed by atoms with Crippen LogP contribution in [0.15, 0.2) is 38.8 Å². The van der Waals surface area contributed by atoms with E-state index in [1.54, 1.807) is 0 Å². The van der Waals surface area contributed by atoms with Gasteiger partial charge in [0.15, 0.2) is 5.41 Å². The van der Waals surface area contributed by atoms with Gasteiger partial charge in [-0.3, -0.25) is 0 Å². The summed E-state index contributed by atoms with van der Waals surface area (Å²) in [7, 11) is 1.99. The number of nitriles is 3. The van der Waals surface area contributed by atoms with Crippen molar-refractivity contribution in [2.75, 3.05) is 20.1 Å². The summed E-state index contributed by atoms with van der Waals surface area (Å²) in [5.41, 5.74) is 5.92. The Labute approximate surface area is 153 Å². The molecule has 0 saturated heterocycles. The van der Waals surface area contributed by atoms with Gasteiger partial charge >= 0.3 is 0 Å². The van der Waals surface area contributed by atoms with Gasteiger partial charge in [0.05, 0.1) is 23.4 Å². The van der Waals surface area contributed by atoms with Crippen LogP contribution >= 0.6 is 27.3 Å². The van der Waals surface area contributed by atoms with Crippen LogP contribution in [0.4, 0.5) is 0 Å². The van der Waals surface area contributed by atoms with E-state index in [9.17, 15) is 15.8 Å². The highest BCUT2D eigenvalue weighted by atomic mass is 79.9. The van der Waals surface area contributed by atoms with Gasteiger partial charge in [-0.2, -0.15) is 15.8 Å². The maximum absolute atomic E-state index is 9.88. The standard InChI is InChI=1S/C17H14BrN5S/c1-23-3-2-11-12(5-19)16(22)17(8-20,9-21)15(13(11)6-23)14-4-10(18)7-24-14/h2,4,7,13,15H,3,6,22H2,1H3. The molecule has 2 unspecified atom stereocenters. The molecule has 0 bridgehead atoms. The van der Waals surface area contributed by atoms with Crippen molar-refractivity contribution in [3.8, 4) is 18.2 Å². The molecule has 0 saturated carbocycles. The first-order valence-corrected chi connectivity index (χ1v) is 9.01. The zero-order chi connectivity index (χ0) is 17.5. The molecule has 0 spiro atoms. The number of hydrogen-bond acceptors (Lipinski definition) is 6. The predicted octanol–water partition coefficient (Wildman–Crippen LogP) is 2.87. The Hall–Kier alpha value is -2.11. The quantitative estimate of drug-likeness (QED) is 0.781. The highest BCUT2D eigenvalue weighted by molar-refractivity contribution is 9.10. The summed E-state index contributed by atoms with van der Waals surface area (Å²) in [6.07, 6.45) is 1.99. The zero-order valence-electron chi connectivity index (χ0n) is 13.0. The third kappa shape index (κ3) is 2.27. The Balaban J connectivity index is 2.33. The molecule has 5 nitrogen and oxygen atoms in total. The second-order valence-corrected chi connectivity index (χ2v) is 7.92. The van der Waals surface area contributed by atoms with E-state index in [1.807, 2.05) is 24.6 Å². The lowest BCUT2D eigenvalue weighted by molar-refractivity contribution is 0.240. The molecule has 3 rings (SSSR count). The molecule has 2 heterocycles. The first-order valence-electron chi connectivity index (χ1n) is 7.34. The summed E-state index contributed by atoms with van der Waals surface area (Å²) in [4.78, 5) is 3.05. The molecule has 1 aromatic heterocycles. The van der Waals surface area contributed by atoms with Crippen molar-refractivity contribution in [1.29, 1.82) is 15.8 Å². The van der Waals surface area contributed by atoms with Gasteiger partial charge in [-0.15, -0.1) is 11.3 Å². The number of allylic oxidation sites excluding steroid dienone is 2. The minimum Gasteiger partial charge on any atom is -0.399 e. The van der Waals surface area contributed by atoms with Gasteiger partial charge in [0, 0.05) is 39.7 Å². The molecule has 7 heteroatoms. The molecule has 0 amide bonds. The van der Waals surface area contributed by atoms with Gasteiger partial charge < -0.3 is 10.6 Å². The summed E-state index contributed by atoms with van der Waals surface area (Å²) in [6.45, 7) is 1.40. The van der Waals surface area contributed by atoms with Gasteiger partial charge in [-0.1, -0.05) is 6.08 Å². The molecule has 2 N–H and O–H groups in total. The van der Waals surface area contributed by atoms with Crippen molar-refractivity contribution in [2.45, 2.75) is 5.92 Å². The Morgan fingerprint density at radius 3 is 2.62 bits per heavy atom. The van der Waals surface area contributed by atoms with Gasteiger partial charge in [-0.25, -0.2) is 0 Å². The minimum absolute atomic E-state index is 0.0802. The minimum atomic E-state index is -1.53. The van der Waals surface area contributed by atoms with Crippen LogP contribution in [-0.2, 0) is 0 Å². The van der Waals surface area contributed by atoms with Crippen molar-refractivity contribution in [2.24, 2.45) is 17.1 Å². The molecule has 0 aromatic carbocycles. The van der Waals surface area contributed by atoms with E-state index in [1.165, 1.54) is 11.3 Å². The maximum Gasteiger partial charge on any atom is 0.192 e. The van der Waals surface area contributed by atoms with Crippen LogP contribution in [-0.4, -0.2) is 25.0 Å². The van der Waals surface area contributed by atoms with Gasteiger partial charge in [-0.05, 0) is 34.6 Å². The Bertz CT molecular complexity index is 862. The fourth-order valence-electron chi connectivity index (χ4n) is 3.62. The number of rotatable bonds is 1. The fraction of sp³-hybridized carbons (Fsp3) is 0.353. The molecule has 2 atom stereocenters. The topological polar surface area (TPSA) is 101 Å². The summed E-state index contributed by atoms with van der Waals surface area (Å²) in [6, 6.07) is 8.34. The van der Waals surface area contributed by atoms with Crippen LogP contribution in [0.5, 0.6) is 0 Å². The normalized spacial score (nSPS) is 25.9. The molecule has 2 aliphatic rings. The maximum atomic E-state index is 9.88. The zero-order valence-corrected chi connectivity index (χ0v) is 15.4. The van der Waals surface area contributed by atoms with E-state index >= 15 is 0 Å². The lowest BCUT2D eigenvalue weighted by Gasteiger charge is -2.44. The SMILES string of the molecule is CN1CC=C2C(C#N)=C(N)C(C#N)(C#N)C(c3cc(Br)cs3)C2C1. The van der Waals surface area contributed by atoms with Crippen LogP contribution in [0.2, 0.25) is 0 Å². The monoisotopic (exact) mass is 399 g/mol. The third-order valence-corrected chi connectivity index (χ3v) is 6.52. The molecule has 0 fully saturated rings. The molecule has 1 aliphatic heterocycles. The number of hydrogen-bond donors (Lipinski definition) is 1. The average molecular weight is 400 g/mol. The van der Waals surface area contributed by atoms with Crippen LogP contribution < -0.4 is 5.73 Å². The number of nitrogens with zero attached hydrogens (tertiary/aromatic N) is 4. The van der Waals surface area contributed by atoms with E-state index in [0.717, 1.165) is 21.5 Å². The van der Waals surface area contributed by atoms with E-state index in [4.69, 9.17) is 5.73 Å². The van der Waals surface area contributed by atoms with Crippen LogP contribution in [0.1, 0.15) is 10.8 Å². The lowest BCUT2D eigenvalue weighted by atomic mass is 9.59. The second-order valence-electron chi connectivity index (χ2n) is 6.06. The highest BCUT2D eigenvalue weighted by Gasteiger charge is 2.54. The predicted molar refractivity (Wildman–Crippen MR) is 94.3 cm³/mol. The lowest BCUT2D eigenvalue weighted by Crippen LogP contribution is -2.47. The molecule has 24 heavy (non-hydrogen) atoms. The largest absolute Gasteiger partial charge is 0.399 e. The van der Waals surface area contributed by atoms with Crippen molar-refractivity contribution in [3.05, 3.63) is 43.7 Å². The molecule has 120 valence electrons. The second kappa shape index (κ2) is 6.07. The Morgan fingerprint density at radius 2 is 2.08 bits per heavy atom. The average Bonchev–Trinajstić information content (AvgIpc) is 3.00. The summed E-state index contributed by atoms with van der Waals surface area (Å²) < 4.78 is 0.913. The first-order chi connectivity index (χ1) is 11.5. The number of halogens is 1. The number of fused-ring (bicyclic) bond motifs is 1. The van der Waals surface area contributed by atoms with Crippen LogP contribution in [0.3, 0.4) is 0 Å². The van der Waals surface area contributed by atoms with Gasteiger partial charge in [0.25, 0.3) is 0 Å². The van der Waals surface area contributed by atoms with Crippen molar-refractivity contribution < 1.29 is 0 Å². The van der Waals surface area contributed by atoms with E-state index in [2.05, 4.69) is 39.0 Å². The Morgan fingerprint density at radius 1 is 1.38 bits per heavy atom. The number of nitrogens with two attached hydrogens (primary N) is 1. The molecular formula is C17H14BrN5S. The summed E-state index contributed by atoms with van der Waals surface area (Å²) in [5.74, 6) is -0.509. The van der Waals surface area contributed by atoms with E-state index in [-0.39, 0.29) is 11.6 Å². The van der Waals surface area contributed by atoms with E-state index < -0.39 is 11.3 Å². The van der Waals surface area contributed by atoms with Crippen LogP contribution in [0.25, 0.3) is 0 Å². The van der Waals surface area contributed by atoms with E-state index in [0.29, 0.717) is 12.1 Å². The molecule has 1 aliphatic carbocycles. The van der Waals surface area contributed by atoms with Crippen molar-refractivity contribution in [3.63, 3.8) is 0 Å². The van der Waals surface area contributed by atoms with Gasteiger partial charge in [0.1, 0.15) is 6.07 Å². The Kier molecular flexibility index (Phi) is 4.24. The number of likely N-dealkylation sites (N-methyl/N-ethyl adjacent to an activating group) is 1. The molecule has 1 aromatic rings. The van der Waals surface area contributed by atoms with Crippen molar-refractivity contribution in [1.82, 2.24) is 4.90 Å². The highest BCUT2D eigenvalue weighted by Crippen LogP contribution is 2.55. The molecule has 0 radical (unpaired) electrons. The van der Waals surface area contributed by atoms with Crippen molar-refractivity contribution >= 4 is 27.3 Å². The fourth-order valence-corrected chi connectivity index (χ4v) is 5.30. The summed E-state index contributed by atoms with van der Waals surface area (Å²) >= 11 is 4.95.